The fourth-order valence-electron chi connectivity index (χ4n) is 2.77. The third-order valence-corrected chi connectivity index (χ3v) is 3.91. The van der Waals surface area contributed by atoms with Crippen molar-refractivity contribution in [1.82, 2.24) is 4.90 Å². The van der Waals surface area contributed by atoms with Crippen LogP contribution in [0.1, 0.15) is 23.2 Å². The topological polar surface area (TPSA) is 68.7 Å². The first-order valence-electron chi connectivity index (χ1n) is 7.37. The van der Waals surface area contributed by atoms with E-state index in [1.165, 1.54) is 0 Å². The number of likely N-dealkylation sites (tertiary alicyclic amines) is 1. The molecule has 0 radical (unpaired) electrons. The molecule has 0 atom stereocenters. The molecular weight excluding hydrogens is 268 g/mol. The van der Waals surface area contributed by atoms with Gasteiger partial charge in [-0.25, -0.2) is 0 Å². The van der Waals surface area contributed by atoms with Crippen molar-refractivity contribution >= 4 is 16.9 Å². The predicted octanol–water partition coefficient (Wildman–Crippen LogP) is 2.01. The third-order valence-electron chi connectivity index (χ3n) is 3.91. The minimum atomic E-state index is 0.0391. The summed E-state index contributed by atoms with van der Waals surface area (Å²) in [5, 5.41) is 0.879. The van der Waals surface area contributed by atoms with Gasteiger partial charge in [-0.2, -0.15) is 0 Å². The molecule has 0 bridgehead atoms. The van der Waals surface area contributed by atoms with Gasteiger partial charge in [0.1, 0.15) is 11.8 Å². The highest BCUT2D eigenvalue weighted by molar-refractivity contribution is 6.05. The molecule has 1 saturated heterocycles. The van der Waals surface area contributed by atoms with Gasteiger partial charge < -0.3 is 19.8 Å². The van der Waals surface area contributed by atoms with Crippen molar-refractivity contribution in [1.29, 1.82) is 0 Å². The molecular formula is C16H20N2O3. The quantitative estimate of drug-likeness (QED) is 0.934. The maximum Gasteiger partial charge on any atom is 0.257 e. The molecule has 5 heteroatoms. The van der Waals surface area contributed by atoms with Crippen molar-refractivity contribution in [2.45, 2.75) is 18.9 Å². The molecule has 0 unspecified atom stereocenters. The predicted molar refractivity (Wildman–Crippen MR) is 80.1 cm³/mol. The van der Waals surface area contributed by atoms with Crippen LogP contribution < -0.4 is 5.73 Å². The van der Waals surface area contributed by atoms with Gasteiger partial charge in [0.25, 0.3) is 5.91 Å². The Morgan fingerprint density at radius 1 is 1.33 bits per heavy atom. The molecule has 2 aromatic rings. The molecule has 1 aromatic heterocycles. The van der Waals surface area contributed by atoms with Crippen LogP contribution in [-0.4, -0.2) is 43.2 Å². The fraction of sp³-hybridized carbons (Fsp3) is 0.438. The van der Waals surface area contributed by atoms with Gasteiger partial charge in [-0.15, -0.1) is 0 Å². The lowest BCUT2D eigenvalue weighted by molar-refractivity contribution is 0.0122. The number of piperidine rings is 1. The molecule has 2 heterocycles. The Labute approximate surface area is 123 Å². The second kappa shape index (κ2) is 6.28. The van der Waals surface area contributed by atoms with Crippen LogP contribution in [0.5, 0.6) is 0 Å². The van der Waals surface area contributed by atoms with Crippen LogP contribution in [0, 0.1) is 0 Å². The number of para-hydroxylation sites is 1. The molecule has 21 heavy (non-hydrogen) atoms. The summed E-state index contributed by atoms with van der Waals surface area (Å²) in [7, 11) is 0. The van der Waals surface area contributed by atoms with Crippen molar-refractivity contribution in [3.63, 3.8) is 0 Å². The number of hydrogen-bond acceptors (Lipinski definition) is 4. The van der Waals surface area contributed by atoms with Gasteiger partial charge in [0.2, 0.25) is 0 Å². The van der Waals surface area contributed by atoms with Gasteiger partial charge in [-0.3, -0.25) is 4.79 Å². The second-order valence-corrected chi connectivity index (χ2v) is 5.30. The van der Waals surface area contributed by atoms with Crippen LogP contribution in [0.25, 0.3) is 11.0 Å². The first-order chi connectivity index (χ1) is 10.3. The number of carbonyl (C=O) groups is 1. The monoisotopic (exact) mass is 288 g/mol. The first kappa shape index (κ1) is 14.1. The minimum absolute atomic E-state index is 0.0391. The fourth-order valence-corrected chi connectivity index (χ4v) is 2.77. The molecule has 1 aliphatic rings. The van der Waals surface area contributed by atoms with E-state index in [0.717, 1.165) is 23.8 Å². The van der Waals surface area contributed by atoms with Crippen LogP contribution >= 0.6 is 0 Å². The highest BCUT2D eigenvalue weighted by atomic mass is 16.5. The standard InChI is InChI=1S/C16H20N2O3/c17-7-10-20-12-5-8-18(9-6-12)16(19)14-11-21-15-4-2-1-3-13(14)15/h1-4,11-12H,5-10,17H2. The van der Waals surface area contributed by atoms with E-state index in [0.29, 0.717) is 31.8 Å². The van der Waals surface area contributed by atoms with Crippen molar-refractivity contribution in [2.24, 2.45) is 5.73 Å². The highest BCUT2D eigenvalue weighted by Gasteiger charge is 2.25. The number of nitrogens with zero attached hydrogens (tertiary/aromatic N) is 1. The van der Waals surface area contributed by atoms with Crippen LogP contribution in [0.4, 0.5) is 0 Å². The summed E-state index contributed by atoms with van der Waals surface area (Å²) in [6, 6.07) is 7.62. The van der Waals surface area contributed by atoms with Gasteiger partial charge in [-0.05, 0) is 18.9 Å². The summed E-state index contributed by atoms with van der Waals surface area (Å²) in [6.45, 7) is 2.56. The molecule has 1 aliphatic heterocycles. The molecule has 1 amide bonds. The molecule has 1 aromatic carbocycles. The molecule has 0 spiro atoms. The zero-order chi connectivity index (χ0) is 14.7. The Balaban J connectivity index is 1.67. The minimum Gasteiger partial charge on any atom is -0.463 e. The van der Waals surface area contributed by atoms with E-state index in [1.807, 2.05) is 29.2 Å². The zero-order valence-electron chi connectivity index (χ0n) is 12.0. The Morgan fingerprint density at radius 3 is 2.86 bits per heavy atom. The van der Waals surface area contributed by atoms with E-state index in [4.69, 9.17) is 14.9 Å². The summed E-state index contributed by atoms with van der Waals surface area (Å²) in [4.78, 5) is 14.5. The van der Waals surface area contributed by atoms with E-state index >= 15 is 0 Å². The Bertz CT molecular complexity index is 615. The van der Waals surface area contributed by atoms with E-state index in [9.17, 15) is 4.79 Å². The average Bonchev–Trinajstić information content (AvgIpc) is 2.97. The number of furan rings is 1. The van der Waals surface area contributed by atoms with Gasteiger partial charge in [0.05, 0.1) is 18.3 Å². The van der Waals surface area contributed by atoms with Gasteiger partial charge in [0.15, 0.2) is 0 Å². The van der Waals surface area contributed by atoms with Crippen LogP contribution in [-0.2, 0) is 4.74 Å². The largest absolute Gasteiger partial charge is 0.463 e. The van der Waals surface area contributed by atoms with E-state index in [1.54, 1.807) is 6.26 Å². The number of rotatable bonds is 4. The van der Waals surface area contributed by atoms with E-state index < -0.39 is 0 Å². The lowest BCUT2D eigenvalue weighted by Gasteiger charge is -2.31. The number of ether oxygens (including phenoxy) is 1. The normalized spacial score (nSPS) is 16.5. The lowest BCUT2D eigenvalue weighted by Crippen LogP contribution is -2.41. The van der Waals surface area contributed by atoms with Gasteiger partial charge in [-0.1, -0.05) is 18.2 Å². The van der Waals surface area contributed by atoms with Gasteiger partial charge in [0, 0.05) is 25.0 Å². The Morgan fingerprint density at radius 2 is 2.10 bits per heavy atom. The number of nitrogens with two attached hydrogens (primary N) is 1. The SMILES string of the molecule is NCCOC1CCN(C(=O)c2coc3ccccc23)CC1. The van der Waals surface area contributed by atoms with Crippen molar-refractivity contribution < 1.29 is 13.9 Å². The molecule has 1 fully saturated rings. The first-order valence-corrected chi connectivity index (χ1v) is 7.37. The second-order valence-electron chi connectivity index (χ2n) is 5.30. The number of benzene rings is 1. The van der Waals surface area contributed by atoms with Crippen LogP contribution in [0.2, 0.25) is 0 Å². The third kappa shape index (κ3) is 2.94. The Hall–Kier alpha value is -1.85. The summed E-state index contributed by atoms with van der Waals surface area (Å²) >= 11 is 0. The van der Waals surface area contributed by atoms with Crippen LogP contribution in [0.15, 0.2) is 34.9 Å². The summed E-state index contributed by atoms with van der Waals surface area (Å²) in [6.07, 6.45) is 3.51. The lowest BCUT2D eigenvalue weighted by atomic mass is 10.1. The molecule has 112 valence electrons. The average molecular weight is 288 g/mol. The molecule has 2 N–H and O–H groups in total. The maximum atomic E-state index is 12.6. The Kier molecular flexibility index (Phi) is 4.22. The number of hydrogen-bond donors (Lipinski definition) is 1. The smallest absolute Gasteiger partial charge is 0.257 e. The molecule has 0 saturated carbocycles. The number of amides is 1. The van der Waals surface area contributed by atoms with Crippen molar-refractivity contribution in [3.8, 4) is 0 Å². The van der Waals surface area contributed by atoms with Crippen molar-refractivity contribution in [3.05, 3.63) is 36.1 Å². The summed E-state index contributed by atoms with van der Waals surface area (Å²) < 4.78 is 11.1. The van der Waals surface area contributed by atoms with Gasteiger partial charge >= 0.3 is 0 Å². The number of fused-ring (bicyclic) bond motifs is 1. The molecule has 3 rings (SSSR count). The van der Waals surface area contributed by atoms with E-state index in [2.05, 4.69) is 0 Å². The number of carbonyl (C=O) groups excluding carboxylic acids is 1. The molecule has 5 nitrogen and oxygen atoms in total. The van der Waals surface area contributed by atoms with Crippen molar-refractivity contribution in [2.75, 3.05) is 26.2 Å². The highest BCUT2D eigenvalue weighted by Crippen LogP contribution is 2.24. The van der Waals surface area contributed by atoms with E-state index in [-0.39, 0.29) is 12.0 Å². The molecule has 0 aliphatic carbocycles. The van der Waals surface area contributed by atoms with Crippen LogP contribution in [0.3, 0.4) is 0 Å². The maximum absolute atomic E-state index is 12.6. The summed E-state index contributed by atoms with van der Waals surface area (Å²) in [5.74, 6) is 0.0391. The zero-order valence-corrected chi connectivity index (χ0v) is 12.0. The summed E-state index contributed by atoms with van der Waals surface area (Å²) in [5.41, 5.74) is 6.84.